The number of benzene rings is 2. The number of amides is 1. The predicted molar refractivity (Wildman–Crippen MR) is 102 cm³/mol. The fourth-order valence-electron chi connectivity index (χ4n) is 2.70. The van der Waals surface area contributed by atoms with Gasteiger partial charge in [-0.15, -0.1) is 0 Å². The van der Waals surface area contributed by atoms with E-state index < -0.39 is 6.61 Å². The summed E-state index contributed by atoms with van der Waals surface area (Å²) in [4.78, 5) is 15.4. The molecule has 0 atom stereocenters. The number of nitrogens with one attached hydrogen (secondary N) is 2. The van der Waals surface area contributed by atoms with E-state index in [2.05, 4.69) is 31.0 Å². The zero-order chi connectivity index (χ0) is 19.4. The Labute approximate surface area is 162 Å². The molecule has 3 rings (SSSR count). The molecule has 0 unspecified atom stereocenters. The quantitative estimate of drug-likeness (QED) is 0.570. The molecule has 0 bridgehead atoms. The molecule has 0 aliphatic rings. The zero-order valence-electron chi connectivity index (χ0n) is 14.4. The maximum Gasteiger partial charge on any atom is 0.387 e. The van der Waals surface area contributed by atoms with Crippen LogP contribution in [0, 0.1) is 0 Å². The topological polar surface area (TPSA) is 63.3 Å². The van der Waals surface area contributed by atoms with Crippen LogP contribution < -0.4 is 14.8 Å². The van der Waals surface area contributed by atoms with Gasteiger partial charge in [0.25, 0.3) is 5.91 Å². The highest BCUT2D eigenvalue weighted by molar-refractivity contribution is 9.10. The maximum atomic E-state index is 12.5. The maximum absolute atomic E-state index is 12.5. The Morgan fingerprint density at radius 3 is 2.74 bits per heavy atom. The number of methoxy groups -OCH3 is 1. The number of hydrogen-bond donors (Lipinski definition) is 2. The molecule has 0 saturated carbocycles. The molecular formula is C19H17BrF2N2O3. The van der Waals surface area contributed by atoms with Gasteiger partial charge in [-0.25, -0.2) is 0 Å². The van der Waals surface area contributed by atoms with E-state index in [9.17, 15) is 13.6 Å². The molecule has 0 saturated heterocycles. The van der Waals surface area contributed by atoms with Gasteiger partial charge in [0.05, 0.1) is 7.11 Å². The minimum absolute atomic E-state index is 0.0301. The Morgan fingerprint density at radius 1 is 1.19 bits per heavy atom. The highest BCUT2D eigenvalue weighted by Crippen LogP contribution is 2.29. The van der Waals surface area contributed by atoms with Crippen LogP contribution in [0.2, 0.25) is 0 Å². The summed E-state index contributed by atoms with van der Waals surface area (Å²) in [5.74, 6) is -0.0373. The lowest BCUT2D eigenvalue weighted by molar-refractivity contribution is -0.0512. The summed E-state index contributed by atoms with van der Waals surface area (Å²) in [5.41, 5.74) is 2.06. The van der Waals surface area contributed by atoms with E-state index in [1.165, 1.54) is 13.2 Å². The van der Waals surface area contributed by atoms with Crippen LogP contribution in [0.25, 0.3) is 10.9 Å². The lowest BCUT2D eigenvalue weighted by Gasteiger charge is -2.11. The molecule has 1 amide bonds. The van der Waals surface area contributed by atoms with Gasteiger partial charge < -0.3 is 19.8 Å². The average Bonchev–Trinajstić information content (AvgIpc) is 3.04. The van der Waals surface area contributed by atoms with E-state index in [0.717, 1.165) is 20.9 Å². The fourth-order valence-corrected chi connectivity index (χ4v) is 3.06. The number of halogens is 3. The number of alkyl halides is 2. The summed E-state index contributed by atoms with van der Waals surface area (Å²) in [6.07, 6.45) is 0.459. The minimum atomic E-state index is -2.93. The Morgan fingerprint density at radius 2 is 2.00 bits per heavy atom. The van der Waals surface area contributed by atoms with Gasteiger partial charge in [0, 0.05) is 21.9 Å². The van der Waals surface area contributed by atoms with Crippen LogP contribution in [-0.2, 0) is 6.42 Å². The van der Waals surface area contributed by atoms with Crippen molar-refractivity contribution in [3.8, 4) is 11.5 Å². The third kappa shape index (κ3) is 4.77. The number of carbonyl (C=O) groups is 1. The van der Waals surface area contributed by atoms with Crippen LogP contribution in [0.4, 0.5) is 8.78 Å². The Balaban J connectivity index is 1.62. The van der Waals surface area contributed by atoms with Crippen LogP contribution in [0.5, 0.6) is 11.5 Å². The van der Waals surface area contributed by atoms with Crippen LogP contribution >= 0.6 is 15.9 Å². The third-order valence-electron chi connectivity index (χ3n) is 3.97. The number of hydrogen-bond acceptors (Lipinski definition) is 3. The van der Waals surface area contributed by atoms with Crippen molar-refractivity contribution >= 4 is 32.7 Å². The fraction of sp³-hybridized carbons (Fsp3) is 0.211. The highest BCUT2D eigenvalue weighted by Gasteiger charge is 2.12. The summed E-state index contributed by atoms with van der Waals surface area (Å²) in [6.45, 7) is -2.59. The smallest absolute Gasteiger partial charge is 0.387 e. The summed E-state index contributed by atoms with van der Waals surface area (Å²) >= 11 is 3.39. The summed E-state index contributed by atoms with van der Waals surface area (Å²) in [5, 5.41) is 3.75. The number of H-pyrrole nitrogens is 1. The minimum Gasteiger partial charge on any atom is -0.493 e. The average molecular weight is 439 g/mol. The van der Waals surface area contributed by atoms with E-state index in [4.69, 9.17) is 4.74 Å². The SMILES string of the molecule is COc1ccc(CCNC(=O)c2cc3ccc(Br)cc3[nH]2)cc1OC(F)F. The van der Waals surface area contributed by atoms with Crippen molar-refractivity contribution in [2.45, 2.75) is 13.0 Å². The van der Waals surface area contributed by atoms with Gasteiger partial charge >= 0.3 is 6.61 Å². The van der Waals surface area contributed by atoms with Crippen LogP contribution in [-0.4, -0.2) is 31.2 Å². The van der Waals surface area contributed by atoms with Gasteiger partial charge in [-0.3, -0.25) is 4.79 Å². The first-order chi connectivity index (χ1) is 13.0. The van der Waals surface area contributed by atoms with E-state index in [1.807, 2.05) is 18.2 Å². The summed E-state index contributed by atoms with van der Waals surface area (Å²) in [7, 11) is 1.38. The van der Waals surface area contributed by atoms with Crippen molar-refractivity contribution < 1.29 is 23.0 Å². The number of aromatic nitrogens is 1. The lowest BCUT2D eigenvalue weighted by Crippen LogP contribution is -2.25. The first-order valence-electron chi connectivity index (χ1n) is 8.14. The molecule has 2 aromatic carbocycles. The standard InChI is InChI=1S/C19H17BrF2N2O3/c1-26-16-5-2-11(8-17(16)27-19(21)22)6-7-23-18(25)15-9-12-3-4-13(20)10-14(12)24-15/h2-5,8-10,19,24H,6-7H2,1H3,(H,23,25). The number of fused-ring (bicyclic) bond motifs is 1. The molecule has 3 aromatic rings. The van der Waals surface area contributed by atoms with Crippen molar-refractivity contribution in [1.82, 2.24) is 10.3 Å². The molecule has 0 fully saturated rings. The molecule has 0 spiro atoms. The molecule has 1 aromatic heterocycles. The van der Waals surface area contributed by atoms with Crippen LogP contribution in [0.15, 0.2) is 46.9 Å². The molecule has 0 radical (unpaired) electrons. The van der Waals surface area contributed by atoms with Gasteiger partial charge in [0.15, 0.2) is 11.5 Å². The van der Waals surface area contributed by atoms with Gasteiger partial charge in [0.1, 0.15) is 5.69 Å². The summed E-state index contributed by atoms with van der Waals surface area (Å²) in [6, 6.07) is 12.3. The van der Waals surface area contributed by atoms with Crippen molar-refractivity contribution in [3.05, 3.63) is 58.2 Å². The highest BCUT2D eigenvalue weighted by atomic mass is 79.9. The van der Waals surface area contributed by atoms with E-state index >= 15 is 0 Å². The molecule has 2 N–H and O–H groups in total. The van der Waals surface area contributed by atoms with Gasteiger partial charge in [0.2, 0.25) is 0 Å². The first-order valence-corrected chi connectivity index (χ1v) is 8.94. The second-order valence-corrected chi connectivity index (χ2v) is 6.70. The van der Waals surface area contributed by atoms with E-state index in [0.29, 0.717) is 18.7 Å². The molecular weight excluding hydrogens is 422 g/mol. The number of carbonyl (C=O) groups excluding carboxylic acids is 1. The molecule has 27 heavy (non-hydrogen) atoms. The number of ether oxygens (including phenoxy) is 2. The predicted octanol–water partition coefficient (Wildman–Crippen LogP) is 4.51. The Hall–Kier alpha value is -2.61. The van der Waals surface area contributed by atoms with Crippen molar-refractivity contribution in [3.63, 3.8) is 0 Å². The normalized spacial score (nSPS) is 11.0. The monoisotopic (exact) mass is 438 g/mol. The van der Waals surface area contributed by atoms with Gasteiger partial charge in [-0.05, 0) is 42.3 Å². The Bertz CT molecular complexity index is 959. The summed E-state index contributed by atoms with van der Waals surface area (Å²) < 4.78 is 35.4. The van der Waals surface area contributed by atoms with Gasteiger partial charge in [-0.2, -0.15) is 8.78 Å². The second-order valence-electron chi connectivity index (χ2n) is 5.78. The van der Waals surface area contributed by atoms with E-state index in [1.54, 1.807) is 18.2 Å². The zero-order valence-corrected chi connectivity index (χ0v) is 16.0. The molecule has 142 valence electrons. The largest absolute Gasteiger partial charge is 0.493 e. The molecule has 8 heteroatoms. The van der Waals surface area contributed by atoms with Crippen molar-refractivity contribution in [2.24, 2.45) is 0 Å². The third-order valence-corrected chi connectivity index (χ3v) is 4.47. The molecule has 1 heterocycles. The van der Waals surface area contributed by atoms with Crippen molar-refractivity contribution in [1.29, 1.82) is 0 Å². The first kappa shape index (κ1) is 19.2. The number of rotatable bonds is 7. The van der Waals surface area contributed by atoms with Gasteiger partial charge in [-0.1, -0.05) is 28.1 Å². The van der Waals surface area contributed by atoms with Crippen LogP contribution in [0.3, 0.4) is 0 Å². The van der Waals surface area contributed by atoms with E-state index in [-0.39, 0.29) is 17.4 Å². The van der Waals surface area contributed by atoms with Crippen molar-refractivity contribution in [2.75, 3.05) is 13.7 Å². The molecule has 0 aliphatic heterocycles. The molecule has 5 nitrogen and oxygen atoms in total. The second kappa shape index (κ2) is 8.39. The van der Waals surface area contributed by atoms with Crippen LogP contribution in [0.1, 0.15) is 16.1 Å². The Kier molecular flexibility index (Phi) is 5.95. The molecule has 0 aliphatic carbocycles. The number of aromatic amines is 1. The lowest BCUT2D eigenvalue weighted by atomic mass is 10.1.